The van der Waals surface area contributed by atoms with Crippen molar-refractivity contribution in [3.63, 3.8) is 0 Å². The van der Waals surface area contributed by atoms with Crippen LogP contribution in [-0.2, 0) is 18.4 Å². The van der Waals surface area contributed by atoms with Crippen molar-refractivity contribution in [3.05, 3.63) is 34.9 Å². The van der Waals surface area contributed by atoms with E-state index in [-0.39, 0.29) is 5.56 Å². The molecule has 1 nitrogen and oxygen atoms in total. The Labute approximate surface area is 125 Å². The van der Waals surface area contributed by atoms with Gasteiger partial charge in [-0.2, -0.15) is 13.2 Å². The van der Waals surface area contributed by atoms with Crippen LogP contribution >= 0.6 is 0 Å². The molecular weight excluding hydrogens is 277 g/mol. The maximum absolute atomic E-state index is 13.1. The van der Waals surface area contributed by atoms with Crippen molar-refractivity contribution in [1.29, 1.82) is 0 Å². The van der Waals surface area contributed by atoms with Gasteiger partial charge in [0.15, 0.2) is 5.60 Å². The maximum atomic E-state index is 13.1. The van der Waals surface area contributed by atoms with Gasteiger partial charge in [-0.1, -0.05) is 45.9 Å². The van der Waals surface area contributed by atoms with Crippen LogP contribution in [0.3, 0.4) is 0 Å². The van der Waals surface area contributed by atoms with Gasteiger partial charge in [0.2, 0.25) is 0 Å². The van der Waals surface area contributed by atoms with E-state index in [0.29, 0.717) is 24.7 Å². The highest BCUT2D eigenvalue weighted by molar-refractivity contribution is 5.35. The predicted octanol–water partition coefficient (Wildman–Crippen LogP) is 4.85. The van der Waals surface area contributed by atoms with Crippen LogP contribution in [0.25, 0.3) is 0 Å². The van der Waals surface area contributed by atoms with Crippen LogP contribution < -0.4 is 0 Å². The largest absolute Gasteiger partial charge is 0.421 e. The van der Waals surface area contributed by atoms with Crippen molar-refractivity contribution in [2.75, 3.05) is 0 Å². The third kappa shape index (κ3) is 4.73. The normalized spacial score (nSPS) is 15.6. The van der Waals surface area contributed by atoms with E-state index in [9.17, 15) is 18.3 Å². The molecule has 0 aliphatic heterocycles. The van der Waals surface area contributed by atoms with Crippen molar-refractivity contribution in [1.82, 2.24) is 0 Å². The Morgan fingerprint density at radius 2 is 1.29 bits per heavy atom. The lowest BCUT2D eigenvalue weighted by Crippen LogP contribution is -2.39. The zero-order valence-electron chi connectivity index (χ0n) is 13.4. The molecule has 1 unspecified atom stereocenters. The lowest BCUT2D eigenvalue weighted by atomic mass is 9.88. The van der Waals surface area contributed by atoms with Crippen LogP contribution in [0.4, 0.5) is 13.2 Å². The molecule has 1 aromatic rings. The summed E-state index contributed by atoms with van der Waals surface area (Å²) in [6.07, 6.45) is -3.28. The van der Waals surface area contributed by atoms with Crippen molar-refractivity contribution in [2.45, 2.75) is 59.2 Å². The van der Waals surface area contributed by atoms with Gasteiger partial charge in [0, 0.05) is 0 Å². The summed E-state index contributed by atoms with van der Waals surface area (Å²) >= 11 is 0. The molecule has 0 bridgehead atoms. The summed E-state index contributed by atoms with van der Waals surface area (Å²) in [6.45, 7) is 8.92. The summed E-state index contributed by atoms with van der Waals surface area (Å²) in [4.78, 5) is 0. The summed E-state index contributed by atoms with van der Waals surface area (Å²) in [7, 11) is 0. The highest BCUT2D eigenvalue weighted by Crippen LogP contribution is 2.39. The van der Waals surface area contributed by atoms with Gasteiger partial charge in [-0.25, -0.2) is 0 Å². The summed E-state index contributed by atoms with van der Waals surface area (Å²) in [5.41, 5.74) is -1.18. The topological polar surface area (TPSA) is 20.2 Å². The quantitative estimate of drug-likeness (QED) is 0.824. The molecule has 4 heteroatoms. The van der Waals surface area contributed by atoms with Gasteiger partial charge in [0.25, 0.3) is 0 Å². The van der Waals surface area contributed by atoms with Crippen LogP contribution in [0.5, 0.6) is 0 Å². The van der Waals surface area contributed by atoms with E-state index < -0.39 is 11.8 Å². The summed E-state index contributed by atoms with van der Waals surface area (Å²) in [5, 5.41) is 9.91. The van der Waals surface area contributed by atoms with Crippen LogP contribution in [0.1, 0.15) is 51.3 Å². The van der Waals surface area contributed by atoms with Crippen molar-refractivity contribution in [2.24, 2.45) is 11.8 Å². The lowest BCUT2D eigenvalue weighted by molar-refractivity contribution is -0.258. The zero-order chi connectivity index (χ0) is 16.4. The SMILES string of the molecule is CC(C)Cc1cc(CC(C)C)cc(C(C)(O)C(F)(F)F)c1. The van der Waals surface area contributed by atoms with E-state index in [1.165, 1.54) is 12.1 Å². The maximum Gasteiger partial charge on any atom is 0.421 e. The van der Waals surface area contributed by atoms with Crippen LogP contribution in [0.15, 0.2) is 18.2 Å². The first-order chi connectivity index (χ1) is 9.43. The Balaban J connectivity index is 3.30. The second-order valence-electron chi connectivity index (χ2n) is 6.80. The van der Waals surface area contributed by atoms with E-state index in [2.05, 4.69) is 0 Å². The fourth-order valence-electron chi connectivity index (χ4n) is 2.39. The van der Waals surface area contributed by atoms with Crippen LogP contribution in [0, 0.1) is 11.8 Å². The first kappa shape index (κ1) is 18.0. The monoisotopic (exact) mass is 302 g/mol. The number of alkyl halides is 3. The molecule has 0 amide bonds. The van der Waals surface area contributed by atoms with Crippen LogP contribution in [0.2, 0.25) is 0 Å². The summed E-state index contributed by atoms with van der Waals surface area (Å²) < 4.78 is 39.2. The van der Waals surface area contributed by atoms with Gasteiger partial charge < -0.3 is 5.11 Å². The molecule has 21 heavy (non-hydrogen) atoms. The molecule has 1 aromatic carbocycles. The minimum atomic E-state index is -4.68. The predicted molar refractivity (Wildman–Crippen MR) is 79.2 cm³/mol. The standard InChI is InChI=1S/C17H25F3O/c1-11(2)6-13-8-14(7-12(3)4)10-15(9-13)16(5,21)17(18,19)20/h8-12,21H,6-7H2,1-5H3. The van der Waals surface area contributed by atoms with E-state index in [4.69, 9.17) is 0 Å². The fraction of sp³-hybridized carbons (Fsp3) is 0.647. The molecule has 1 rings (SSSR count). The third-order valence-corrected chi connectivity index (χ3v) is 3.45. The molecular formula is C17H25F3O. The molecule has 0 heterocycles. The third-order valence-electron chi connectivity index (χ3n) is 3.45. The van der Waals surface area contributed by atoms with Gasteiger partial charge in [-0.15, -0.1) is 0 Å². The molecule has 1 atom stereocenters. The number of halogens is 3. The van der Waals surface area contributed by atoms with E-state index >= 15 is 0 Å². The molecule has 0 radical (unpaired) electrons. The molecule has 0 aliphatic carbocycles. The Morgan fingerprint density at radius 3 is 1.57 bits per heavy atom. The average Bonchev–Trinajstić information content (AvgIpc) is 2.24. The number of rotatable bonds is 5. The van der Waals surface area contributed by atoms with Gasteiger partial charge in [0.05, 0.1) is 0 Å². The Bertz CT molecular complexity index is 445. The molecule has 0 saturated heterocycles. The smallest absolute Gasteiger partial charge is 0.376 e. The van der Waals surface area contributed by atoms with Gasteiger partial charge in [0.1, 0.15) is 0 Å². The minimum Gasteiger partial charge on any atom is -0.376 e. The second-order valence-corrected chi connectivity index (χ2v) is 6.80. The molecule has 0 spiro atoms. The Kier molecular flexibility index (Phi) is 5.48. The van der Waals surface area contributed by atoms with E-state index in [1.807, 2.05) is 33.8 Å². The van der Waals surface area contributed by atoms with Crippen molar-refractivity contribution in [3.8, 4) is 0 Å². The lowest BCUT2D eigenvalue weighted by Gasteiger charge is -2.28. The summed E-state index contributed by atoms with van der Waals surface area (Å²) in [6, 6.07) is 4.92. The number of benzene rings is 1. The average molecular weight is 302 g/mol. The molecule has 0 aliphatic rings. The van der Waals surface area contributed by atoms with Gasteiger partial charge in [-0.05, 0) is 48.3 Å². The first-order valence-corrected chi connectivity index (χ1v) is 7.36. The number of hydrogen-bond donors (Lipinski definition) is 1. The van der Waals surface area contributed by atoms with Crippen molar-refractivity contribution >= 4 is 0 Å². The van der Waals surface area contributed by atoms with Gasteiger partial charge >= 0.3 is 6.18 Å². The van der Waals surface area contributed by atoms with Crippen LogP contribution in [-0.4, -0.2) is 11.3 Å². The molecule has 0 aromatic heterocycles. The highest BCUT2D eigenvalue weighted by atomic mass is 19.4. The minimum absolute atomic E-state index is 0.0659. The van der Waals surface area contributed by atoms with E-state index in [1.54, 1.807) is 0 Å². The molecule has 120 valence electrons. The second kappa shape index (κ2) is 6.39. The first-order valence-electron chi connectivity index (χ1n) is 7.36. The van der Waals surface area contributed by atoms with Gasteiger partial charge in [-0.3, -0.25) is 0 Å². The highest BCUT2D eigenvalue weighted by Gasteiger charge is 2.51. The molecule has 0 saturated carbocycles. The van der Waals surface area contributed by atoms with Crippen molar-refractivity contribution < 1.29 is 18.3 Å². The number of aliphatic hydroxyl groups is 1. The van der Waals surface area contributed by atoms with E-state index in [0.717, 1.165) is 18.1 Å². The molecule has 0 fully saturated rings. The molecule has 1 N–H and O–H groups in total. The Hall–Kier alpha value is -1.03. The number of hydrogen-bond acceptors (Lipinski definition) is 1. The fourth-order valence-corrected chi connectivity index (χ4v) is 2.39. The Morgan fingerprint density at radius 1 is 0.905 bits per heavy atom. The zero-order valence-corrected chi connectivity index (χ0v) is 13.4. The summed E-state index contributed by atoms with van der Waals surface area (Å²) in [5.74, 6) is 0.700.